The lowest BCUT2D eigenvalue weighted by Crippen LogP contribution is -2.35. The maximum atomic E-state index is 12.1. The van der Waals surface area contributed by atoms with Crippen LogP contribution in [0.4, 0.5) is 0 Å². The summed E-state index contributed by atoms with van der Waals surface area (Å²) in [6.07, 6.45) is 0.993. The van der Waals surface area contributed by atoms with Crippen molar-refractivity contribution in [1.29, 1.82) is 0 Å². The molecule has 0 saturated carbocycles. The number of halogens is 1. The van der Waals surface area contributed by atoms with Gasteiger partial charge in [0, 0.05) is 4.47 Å². The summed E-state index contributed by atoms with van der Waals surface area (Å²) in [4.78, 5) is 12.1. The summed E-state index contributed by atoms with van der Waals surface area (Å²) in [5, 5.41) is 4.96. The second-order valence-electron chi connectivity index (χ2n) is 5.21. The van der Waals surface area contributed by atoms with Crippen LogP contribution in [0.5, 0.6) is 5.75 Å². The van der Waals surface area contributed by atoms with Gasteiger partial charge < -0.3 is 14.5 Å². The van der Waals surface area contributed by atoms with E-state index in [1.807, 2.05) is 42.5 Å². The average Bonchev–Trinajstić information content (AvgIpc) is 3.06. The molecule has 1 atom stereocenters. The van der Waals surface area contributed by atoms with Gasteiger partial charge in [0.15, 0.2) is 6.10 Å². The number of fused-ring (bicyclic) bond motifs is 1. The van der Waals surface area contributed by atoms with Gasteiger partial charge in [-0.2, -0.15) is 0 Å². The fourth-order valence-corrected chi connectivity index (χ4v) is 2.64. The normalized spacial score (nSPS) is 12.1. The number of nitrogens with one attached hydrogen (secondary N) is 1. The predicted octanol–water partition coefficient (Wildman–Crippen LogP) is 4.28. The van der Waals surface area contributed by atoms with E-state index >= 15 is 0 Å². The van der Waals surface area contributed by atoms with Gasteiger partial charge >= 0.3 is 0 Å². The molecule has 0 fully saturated rings. The Morgan fingerprint density at radius 2 is 2.00 bits per heavy atom. The molecule has 2 aromatic carbocycles. The van der Waals surface area contributed by atoms with E-state index in [0.717, 1.165) is 15.2 Å². The van der Waals surface area contributed by atoms with E-state index in [2.05, 4.69) is 21.2 Å². The lowest BCUT2D eigenvalue weighted by atomic mass is 10.1. The fourth-order valence-electron chi connectivity index (χ4n) is 2.26. The highest BCUT2D eigenvalue weighted by molar-refractivity contribution is 9.10. The number of benzene rings is 2. The van der Waals surface area contributed by atoms with Crippen LogP contribution < -0.4 is 10.1 Å². The number of rotatable bonds is 5. The van der Waals surface area contributed by atoms with Gasteiger partial charge in [0.25, 0.3) is 5.91 Å². The minimum atomic E-state index is -0.585. The van der Waals surface area contributed by atoms with Gasteiger partial charge in [-0.25, -0.2) is 0 Å². The molecule has 0 radical (unpaired) electrons. The minimum absolute atomic E-state index is 0.183. The highest BCUT2D eigenvalue weighted by atomic mass is 79.9. The van der Waals surface area contributed by atoms with Gasteiger partial charge in [-0.1, -0.05) is 28.1 Å². The Morgan fingerprint density at radius 1 is 1.22 bits per heavy atom. The van der Waals surface area contributed by atoms with Gasteiger partial charge in [0.1, 0.15) is 11.5 Å². The monoisotopic (exact) mass is 373 g/mol. The molecule has 0 spiro atoms. The van der Waals surface area contributed by atoms with Crippen LogP contribution in [0.15, 0.2) is 63.7 Å². The lowest BCUT2D eigenvalue weighted by Gasteiger charge is -2.14. The smallest absolute Gasteiger partial charge is 0.261 e. The van der Waals surface area contributed by atoms with Crippen LogP contribution in [0.25, 0.3) is 10.8 Å². The number of furan rings is 1. The summed E-state index contributed by atoms with van der Waals surface area (Å²) in [7, 11) is 0. The first-order valence-corrected chi connectivity index (χ1v) is 8.07. The second kappa shape index (κ2) is 6.87. The quantitative estimate of drug-likeness (QED) is 0.725. The van der Waals surface area contributed by atoms with Crippen LogP contribution in [-0.4, -0.2) is 12.0 Å². The highest BCUT2D eigenvalue weighted by Gasteiger charge is 2.15. The van der Waals surface area contributed by atoms with Crippen molar-refractivity contribution in [1.82, 2.24) is 5.32 Å². The first kappa shape index (κ1) is 15.6. The number of amides is 1. The molecule has 1 aromatic heterocycles. The van der Waals surface area contributed by atoms with Crippen molar-refractivity contribution in [2.24, 2.45) is 0 Å². The summed E-state index contributed by atoms with van der Waals surface area (Å²) in [5.41, 5.74) is 0. The predicted molar refractivity (Wildman–Crippen MR) is 92.3 cm³/mol. The van der Waals surface area contributed by atoms with Crippen molar-refractivity contribution in [3.8, 4) is 5.75 Å². The van der Waals surface area contributed by atoms with Crippen molar-refractivity contribution in [2.75, 3.05) is 0 Å². The van der Waals surface area contributed by atoms with E-state index in [9.17, 15) is 4.79 Å². The lowest BCUT2D eigenvalue weighted by molar-refractivity contribution is -0.127. The molecule has 23 heavy (non-hydrogen) atoms. The Labute approximate surface area is 142 Å². The van der Waals surface area contributed by atoms with Gasteiger partial charge in [0.05, 0.1) is 12.8 Å². The van der Waals surface area contributed by atoms with Crippen molar-refractivity contribution >= 4 is 32.6 Å². The molecule has 0 aliphatic carbocycles. The first-order valence-electron chi connectivity index (χ1n) is 7.28. The van der Waals surface area contributed by atoms with Crippen LogP contribution in [0, 0.1) is 0 Å². The average molecular weight is 374 g/mol. The first-order chi connectivity index (χ1) is 11.1. The van der Waals surface area contributed by atoms with E-state index in [4.69, 9.17) is 9.15 Å². The maximum absolute atomic E-state index is 12.1. The van der Waals surface area contributed by atoms with E-state index in [0.29, 0.717) is 18.1 Å². The van der Waals surface area contributed by atoms with Gasteiger partial charge in [-0.3, -0.25) is 4.79 Å². The van der Waals surface area contributed by atoms with Crippen molar-refractivity contribution < 1.29 is 13.9 Å². The fraction of sp³-hybridized carbons (Fsp3) is 0.167. The summed E-state index contributed by atoms with van der Waals surface area (Å²) in [6.45, 7) is 2.08. The van der Waals surface area contributed by atoms with Crippen LogP contribution in [0.2, 0.25) is 0 Å². The summed E-state index contributed by atoms with van der Waals surface area (Å²) in [5.74, 6) is 1.19. The molecule has 1 amide bonds. The molecule has 0 aliphatic heterocycles. The Hall–Kier alpha value is -2.27. The Kier molecular flexibility index (Phi) is 4.67. The number of hydrogen-bond donors (Lipinski definition) is 1. The standard InChI is InChI=1S/C18H16BrNO3/c1-12(18(21)20-11-17-3-2-8-22-17)23-16-7-5-13-9-15(19)6-4-14(13)10-16/h2-10,12H,11H2,1H3,(H,20,21)/t12-/m1/s1. The van der Waals surface area contributed by atoms with Crippen molar-refractivity contribution in [2.45, 2.75) is 19.6 Å². The number of carbonyl (C=O) groups excluding carboxylic acids is 1. The SMILES string of the molecule is C[C@@H](Oc1ccc2cc(Br)ccc2c1)C(=O)NCc1ccco1. The van der Waals surface area contributed by atoms with Gasteiger partial charge in [-0.05, 0) is 54.1 Å². The molecule has 118 valence electrons. The van der Waals surface area contributed by atoms with Crippen LogP contribution in [0.1, 0.15) is 12.7 Å². The number of hydrogen-bond acceptors (Lipinski definition) is 3. The molecule has 4 nitrogen and oxygen atoms in total. The summed E-state index contributed by atoms with van der Waals surface area (Å²) in [6, 6.07) is 15.4. The zero-order valence-electron chi connectivity index (χ0n) is 12.6. The third kappa shape index (κ3) is 3.93. The topological polar surface area (TPSA) is 51.5 Å². The molecule has 0 bridgehead atoms. The molecule has 3 rings (SSSR count). The van der Waals surface area contributed by atoms with E-state index in [-0.39, 0.29) is 5.91 Å². The highest BCUT2D eigenvalue weighted by Crippen LogP contribution is 2.24. The Balaban J connectivity index is 1.63. The molecular formula is C18H16BrNO3. The molecule has 0 aliphatic rings. The third-order valence-corrected chi connectivity index (χ3v) is 3.97. The van der Waals surface area contributed by atoms with Crippen LogP contribution in [0.3, 0.4) is 0 Å². The Morgan fingerprint density at radius 3 is 2.78 bits per heavy atom. The third-order valence-electron chi connectivity index (χ3n) is 3.47. The van der Waals surface area contributed by atoms with Crippen molar-refractivity contribution in [3.63, 3.8) is 0 Å². The largest absolute Gasteiger partial charge is 0.481 e. The number of ether oxygens (including phenoxy) is 1. The zero-order chi connectivity index (χ0) is 16.2. The number of carbonyl (C=O) groups is 1. The van der Waals surface area contributed by atoms with Crippen molar-refractivity contribution in [3.05, 3.63) is 65.0 Å². The van der Waals surface area contributed by atoms with E-state index in [1.54, 1.807) is 19.3 Å². The Bertz CT molecular complexity index is 814. The summed E-state index contributed by atoms with van der Waals surface area (Å²) >= 11 is 3.45. The zero-order valence-corrected chi connectivity index (χ0v) is 14.2. The maximum Gasteiger partial charge on any atom is 0.261 e. The van der Waals surface area contributed by atoms with Crippen LogP contribution in [-0.2, 0) is 11.3 Å². The summed E-state index contributed by atoms with van der Waals surface area (Å²) < 4.78 is 11.9. The minimum Gasteiger partial charge on any atom is -0.481 e. The second-order valence-corrected chi connectivity index (χ2v) is 6.13. The van der Waals surface area contributed by atoms with Gasteiger partial charge in [-0.15, -0.1) is 0 Å². The van der Waals surface area contributed by atoms with E-state index in [1.165, 1.54) is 0 Å². The molecule has 0 saturated heterocycles. The molecule has 0 unspecified atom stereocenters. The molecule has 3 aromatic rings. The molecule has 1 N–H and O–H groups in total. The van der Waals surface area contributed by atoms with E-state index < -0.39 is 6.10 Å². The molecule has 5 heteroatoms. The van der Waals surface area contributed by atoms with Gasteiger partial charge in [0.2, 0.25) is 0 Å². The molecule has 1 heterocycles. The molecular weight excluding hydrogens is 358 g/mol. The van der Waals surface area contributed by atoms with Crippen LogP contribution >= 0.6 is 15.9 Å².